The molecule has 20 heavy (non-hydrogen) atoms. The minimum absolute atomic E-state index is 0.138. The number of pyridine rings is 1. The van der Waals surface area contributed by atoms with Gasteiger partial charge in [-0.3, -0.25) is 0 Å². The van der Waals surface area contributed by atoms with Gasteiger partial charge in [-0.2, -0.15) is 0 Å². The monoisotopic (exact) mass is 269 g/mol. The lowest BCUT2D eigenvalue weighted by Crippen LogP contribution is -2.34. The van der Waals surface area contributed by atoms with Crippen LogP contribution in [0.3, 0.4) is 0 Å². The first-order valence-electron chi connectivity index (χ1n) is 7.00. The Morgan fingerprint density at radius 2 is 2.00 bits per heavy atom. The number of aliphatic hydroxyl groups is 1. The molecule has 0 spiro atoms. The van der Waals surface area contributed by atoms with Crippen molar-refractivity contribution < 1.29 is 5.11 Å². The third kappa shape index (κ3) is 2.75. The van der Waals surface area contributed by atoms with Gasteiger partial charge in [0, 0.05) is 38.4 Å². The van der Waals surface area contributed by atoms with E-state index in [1.165, 1.54) is 5.56 Å². The zero-order valence-corrected chi connectivity index (χ0v) is 11.4. The number of nitrogens with zero attached hydrogens (tertiary/aromatic N) is 2. The number of aromatic nitrogens is 1. The van der Waals surface area contributed by atoms with Gasteiger partial charge < -0.3 is 15.3 Å². The summed E-state index contributed by atoms with van der Waals surface area (Å²) in [6.45, 7) is 2.91. The third-order valence-electron chi connectivity index (χ3n) is 3.53. The highest BCUT2D eigenvalue weighted by molar-refractivity contribution is 5.68. The van der Waals surface area contributed by atoms with E-state index < -0.39 is 0 Å². The Morgan fingerprint density at radius 1 is 1.15 bits per heavy atom. The minimum atomic E-state index is 0.138. The van der Waals surface area contributed by atoms with Crippen LogP contribution < -0.4 is 10.2 Å². The number of rotatable bonds is 4. The number of benzene rings is 1. The summed E-state index contributed by atoms with van der Waals surface area (Å²) in [6, 6.07) is 14.6. The van der Waals surface area contributed by atoms with Crippen LogP contribution in [0.1, 0.15) is 11.3 Å². The molecule has 2 N–H and O–H groups in total. The fourth-order valence-electron chi connectivity index (χ4n) is 2.53. The van der Waals surface area contributed by atoms with E-state index in [9.17, 15) is 0 Å². The largest absolute Gasteiger partial charge is 0.396 e. The van der Waals surface area contributed by atoms with Gasteiger partial charge in [-0.1, -0.05) is 30.3 Å². The number of aliphatic hydroxyl groups excluding tert-OH is 1. The number of anilines is 2. The van der Waals surface area contributed by atoms with Gasteiger partial charge in [-0.15, -0.1) is 0 Å². The summed E-state index contributed by atoms with van der Waals surface area (Å²) in [6.07, 6.45) is 0.605. The zero-order chi connectivity index (χ0) is 13.8. The predicted molar refractivity (Wildman–Crippen MR) is 81.0 cm³/mol. The van der Waals surface area contributed by atoms with Crippen LogP contribution in [0.5, 0.6) is 0 Å². The molecule has 0 atom stereocenters. The van der Waals surface area contributed by atoms with Crippen LogP contribution in [-0.4, -0.2) is 29.8 Å². The average molecular weight is 269 g/mol. The Morgan fingerprint density at radius 3 is 2.80 bits per heavy atom. The normalized spacial score (nSPS) is 13.8. The topological polar surface area (TPSA) is 48.4 Å². The lowest BCUT2D eigenvalue weighted by Gasteiger charge is -2.31. The molecule has 2 aromatic rings. The molecular weight excluding hydrogens is 250 g/mol. The fourth-order valence-corrected chi connectivity index (χ4v) is 2.53. The molecule has 2 heterocycles. The van der Waals surface area contributed by atoms with E-state index >= 15 is 0 Å². The second-order valence-electron chi connectivity index (χ2n) is 4.98. The molecule has 0 fully saturated rings. The van der Waals surface area contributed by atoms with E-state index in [1.54, 1.807) is 0 Å². The van der Waals surface area contributed by atoms with Gasteiger partial charge in [-0.25, -0.2) is 4.98 Å². The van der Waals surface area contributed by atoms with Crippen molar-refractivity contribution in [2.24, 2.45) is 0 Å². The summed E-state index contributed by atoms with van der Waals surface area (Å²) < 4.78 is 0. The predicted octanol–water partition coefficient (Wildman–Crippen LogP) is 2.05. The summed E-state index contributed by atoms with van der Waals surface area (Å²) in [5.74, 6) is 0.929. The van der Waals surface area contributed by atoms with Crippen molar-refractivity contribution in [1.29, 1.82) is 0 Å². The van der Waals surface area contributed by atoms with E-state index in [2.05, 4.69) is 45.5 Å². The molecule has 1 aliphatic rings. The molecule has 4 nitrogen and oxygen atoms in total. The van der Waals surface area contributed by atoms with Crippen LogP contribution in [0.25, 0.3) is 0 Å². The van der Waals surface area contributed by atoms with Crippen LogP contribution >= 0.6 is 0 Å². The lowest BCUT2D eigenvalue weighted by molar-refractivity contribution is 0.298. The second kappa shape index (κ2) is 5.92. The fraction of sp³-hybridized carbons (Fsp3) is 0.312. The van der Waals surface area contributed by atoms with E-state index in [4.69, 9.17) is 5.11 Å². The molecule has 0 bridgehead atoms. The molecule has 104 valence electrons. The molecule has 0 aliphatic carbocycles. The van der Waals surface area contributed by atoms with Crippen molar-refractivity contribution in [3.63, 3.8) is 0 Å². The highest BCUT2D eigenvalue weighted by Gasteiger charge is 2.18. The first-order chi connectivity index (χ1) is 9.86. The first-order valence-corrected chi connectivity index (χ1v) is 7.00. The van der Waals surface area contributed by atoms with E-state index in [0.717, 1.165) is 36.8 Å². The Balaban J connectivity index is 1.83. The van der Waals surface area contributed by atoms with Gasteiger partial charge >= 0.3 is 0 Å². The number of fused-ring (bicyclic) bond motifs is 1. The van der Waals surface area contributed by atoms with Gasteiger partial charge in [0.05, 0.1) is 5.69 Å². The zero-order valence-electron chi connectivity index (χ0n) is 11.4. The van der Waals surface area contributed by atoms with Gasteiger partial charge in [0.15, 0.2) is 0 Å². The van der Waals surface area contributed by atoms with Gasteiger partial charge in [0.1, 0.15) is 5.82 Å². The maximum atomic E-state index is 9.00. The van der Waals surface area contributed by atoms with E-state index in [0.29, 0.717) is 6.42 Å². The van der Waals surface area contributed by atoms with Crippen LogP contribution in [0.15, 0.2) is 42.5 Å². The number of nitrogens with one attached hydrogen (secondary N) is 1. The Labute approximate surface area is 119 Å². The molecule has 1 aromatic heterocycles. The van der Waals surface area contributed by atoms with Crippen LogP contribution in [0.4, 0.5) is 11.5 Å². The van der Waals surface area contributed by atoms with Crippen molar-refractivity contribution in [3.8, 4) is 0 Å². The summed E-state index contributed by atoms with van der Waals surface area (Å²) in [7, 11) is 0. The smallest absolute Gasteiger partial charge is 0.149 e. The standard InChI is InChI=1S/C16H19N3O/c20-11-8-14-6-7-15-16(18-14)17-9-10-19(15)12-13-4-2-1-3-5-13/h1-7,20H,8-12H2,(H,17,18). The van der Waals surface area contributed by atoms with Crippen molar-refractivity contribution in [3.05, 3.63) is 53.7 Å². The van der Waals surface area contributed by atoms with Gasteiger partial charge in [0.25, 0.3) is 0 Å². The maximum Gasteiger partial charge on any atom is 0.149 e. The highest BCUT2D eigenvalue weighted by Crippen LogP contribution is 2.28. The average Bonchev–Trinajstić information content (AvgIpc) is 2.49. The van der Waals surface area contributed by atoms with Crippen molar-refractivity contribution >= 4 is 11.5 Å². The molecular formula is C16H19N3O. The third-order valence-corrected chi connectivity index (χ3v) is 3.53. The molecule has 1 aromatic carbocycles. The molecule has 0 saturated heterocycles. The molecule has 0 radical (unpaired) electrons. The second-order valence-corrected chi connectivity index (χ2v) is 4.98. The first kappa shape index (κ1) is 12.9. The molecule has 0 unspecified atom stereocenters. The highest BCUT2D eigenvalue weighted by atomic mass is 16.3. The Kier molecular flexibility index (Phi) is 3.83. The summed E-state index contributed by atoms with van der Waals surface area (Å²) in [5, 5.41) is 12.3. The van der Waals surface area contributed by atoms with E-state index in [1.807, 2.05) is 12.1 Å². The Hall–Kier alpha value is -2.07. The van der Waals surface area contributed by atoms with Crippen molar-refractivity contribution in [1.82, 2.24) is 4.98 Å². The summed E-state index contributed by atoms with van der Waals surface area (Å²) in [5.41, 5.74) is 3.38. The molecule has 3 rings (SSSR count). The van der Waals surface area contributed by atoms with Crippen molar-refractivity contribution in [2.75, 3.05) is 29.9 Å². The summed E-state index contributed by atoms with van der Waals surface area (Å²) in [4.78, 5) is 6.93. The van der Waals surface area contributed by atoms with Crippen molar-refractivity contribution in [2.45, 2.75) is 13.0 Å². The van der Waals surface area contributed by atoms with Crippen LogP contribution in [0.2, 0.25) is 0 Å². The van der Waals surface area contributed by atoms with Crippen LogP contribution in [0, 0.1) is 0 Å². The Bertz CT molecular complexity index is 571. The SMILES string of the molecule is OCCc1ccc2c(n1)NCCN2Cc1ccccc1. The van der Waals surface area contributed by atoms with Gasteiger partial charge in [0.2, 0.25) is 0 Å². The minimum Gasteiger partial charge on any atom is -0.396 e. The summed E-state index contributed by atoms with van der Waals surface area (Å²) >= 11 is 0. The molecule has 0 saturated carbocycles. The van der Waals surface area contributed by atoms with Crippen LogP contribution in [-0.2, 0) is 13.0 Å². The molecule has 4 heteroatoms. The van der Waals surface area contributed by atoms with Gasteiger partial charge in [-0.05, 0) is 17.7 Å². The molecule has 1 aliphatic heterocycles. The number of hydrogen-bond acceptors (Lipinski definition) is 4. The molecule has 0 amide bonds. The maximum absolute atomic E-state index is 9.00. The quantitative estimate of drug-likeness (QED) is 0.892. The number of hydrogen-bond donors (Lipinski definition) is 2. The lowest BCUT2D eigenvalue weighted by atomic mass is 10.1. The van der Waals surface area contributed by atoms with E-state index in [-0.39, 0.29) is 6.61 Å².